The Morgan fingerprint density at radius 2 is 1.58 bits per heavy atom. The average Bonchev–Trinajstić information content (AvgIpc) is 1.91. The summed E-state index contributed by atoms with van der Waals surface area (Å²) >= 11 is 19.5. The third kappa shape index (κ3) is 3.85. The fourth-order valence-electron chi connectivity index (χ4n) is 0.636. The van der Waals surface area contributed by atoms with E-state index in [1.54, 1.807) is 24.3 Å². The molecular weight excluding hydrogens is 286 g/mol. The van der Waals surface area contributed by atoms with E-state index >= 15 is 0 Å². The smallest absolute Gasteiger partial charge is 0.338 e. The van der Waals surface area contributed by atoms with Crippen LogP contribution < -0.4 is 4.74 Å². The van der Waals surface area contributed by atoms with Gasteiger partial charge in [0.15, 0.2) is 0 Å². The fourth-order valence-corrected chi connectivity index (χ4v) is 1.17. The molecule has 0 saturated carbocycles. The minimum atomic E-state index is -1.70. The van der Waals surface area contributed by atoms with E-state index in [2.05, 4.69) is 15.9 Å². The summed E-state index contributed by atoms with van der Waals surface area (Å²) < 4.78 is 4.18. The molecule has 0 aliphatic carbocycles. The molecule has 1 aromatic rings. The summed E-state index contributed by atoms with van der Waals surface area (Å²) in [6.07, 6.45) is 0. The summed E-state index contributed by atoms with van der Waals surface area (Å²) in [5.74, 6) is 0.512. The minimum Gasteiger partial charge on any atom is -0.446 e. The maximum Gasteiger partial charge on any atom is 0.338 e. The van der Waals surface area contributed by atoms with Crippen molar-refractivity contribution in [1.82, 2.24) is 0 Å². The molecule has 12 heavy (non-hydrogen) atoms. The first-order valence-electron chi connectivity index (χ1n) is 2.99. The molecule has 0 radical (unpaired) electrons. The normalized spacial score (nSPS) is 11.3. The molecule has 0 aliphatic heterocycles. The Morgan fingerprint density at radius 3 is 2.00 bits per heavy atom. The molecule has 1 rings (SSSR count). The zero-order valence-electron chi connectivity index (χ0n) is 5.73. The van der Waals surface area contributed by atoms with Gasteiger partial charge in [-0.15, -0.1) is 0 Å². The number of benzene rings is 1. The second-order valence-electron chi connectivity index (χ2n) is 2.00. The van der Waals surface area contributed by atoms with Gasteiger partial charge in [-0.25, -0.2) is 0 Å². The summed E-state index contributed by atoms with van der Waals surface area (Å²) in [4.78, 5) is 0. The van der Waals surface area contributed by atoms with Crippen molar-refractivity contribution in [3.05, 3.63) is 28.7 Å². The molecule has 5 heteroatoms. The van der Waals surface area contributed by atoms with Gasteiger partial charge in [0.2, 0.25) is 0 Å². The van der Waals surface area contributed by atoms with Crippen molar-refractivity contribution < 1.29 is 4.74 Å². The summed E-state index contributed by atoms with van der Waals surface area (Å²) in [6, 6.07) is 7.00. The highest BCUT2D eigenvalue weighted by Crippen LogP contribution is 2.30. The zero-order valence-corrected chi connectivity index (χ0v) is 9.58. The molecule has 0 bridgehead atoms. The lowest BCUT2D eigenvalue weighted by atomic mass is 10.3. The van der Waals surface area contributed by atoms with E-state index in [0.717, 1.165) is 4.47 Å². The molecular formula is C7H4BrCl3O. The van der Waals surface area contributed by atoms with E-state index in [1.165, 1.54) is 0 Å². The largest absolute Gasteiger partial charge is 0.446 e. The van der Waals surface area contributed by atoms with Crippen LogP contribution in [-0.4, -0.2) is 3.98 Å². The van der Waals surface area contributed by atoms with Crippen LogP contribution in [0, 0.1) is 0 Å². The Morgan fingerprint density at radius 1 is 1.08 bits per heavy atom. The Bertz CT molecular complexity index is 254. The highest BCUT2D eigenvalue weighted by molar-refractivity contribution is 9.10. The van der Waals surface area contributed by atoms with Crippen molar-refractivity contribution in [2.24, 2.45) is 0 Å². The van der Waals surface area contributed by atoms with Crippen LogP contribution in [0.2, 0.25) is 0 Å². The third-order valence-electron chi connectivity index (χ3n) is 1.05. The first kappa shape index (κ1) is 10.5. The maximum atomic E-state index is 5.40. The van der Waals surface area contributed by atoms with Gasteiger partial charge in [-0.3, -0.25) is 0 Å². The number of hydrogen-bond acceptors (Lipinski definition) is 1. The third-order valence-corrected chi connectivity index (χ3v) is 1.81. The first-order valence-corrected chi connectivity index (χ1v) is 4.91. The van der Waals surface area contributed by atoms with Gasteiger partial charge in [0.25, 0.3) is 0 Å². The molecule has 0 amide bonds. The summed E-state index contributed by atoms with van der Waals surface area (Å²) in [6.45, 7) is 0. The SMILES string of the molecule is ClC(Cl)(Cl)Oc1ccc(Br)cc1. The zero-order chi connectivity index (χ0) is 9.19. The number of rotatable bonds is 1. The lowest BCUT2D eigenvalue weighted by Gasteiger charge is -2.13. The Hall–Kier alpha value is 0.370. The number of hydrogen-bond donors (Lipinski definition) is 0. The molecule has 0 heterocycles. The van der Waals surface area contributed by atoms with Crippen LogP contribution in [0.25, 0.3) is 0 Å². The quantitative estimate of drug-likeness (QED) is 0.706. The van der Waals surface area contributed by atoms with Gasteiger partial charge in [0.1, 0.15) is 5.75 Å². The monoisotopic (exact) mass is 288 g/mol. The topological polar surface area (TPSA) is 9.23 Å². The lowest BCUT2D eigenvalue weighted by Crippen LogP contribution is -2.12. The van der Waals surface area contributed by atoms with E-state index in [0.29, 0.717) is 5.75 Å². The van der Waals surface area contributed by atoms with Gasteiger partial charge in [0.05, 0.1) is 0 Å². The minimum absolute atomic E-state index is 0.512. The fraction of sp³-hybridized carbons (Fsp3) is 0.143. The van der Waals surface area contributed by atoms with Crippen LogP contribution in [0.1, 0.15) is 0 Å². The van der Waals surface area contributed by atoms with Gasteiger partial charge in [-0.1, -0.05) is 15.9 Å². The van der Waals surface area contributed by atoms with Crippen molar-refractivity contribution >= 4 is 50.7 Å². The lowest BCUT2D eigenvalue weighted by molar-refractivity contribution is 0.320. The van der Waals surface area contributed by atoms with E-state index in [9.17, 15) is 0 Å². The molecule has 0 aliphatic rings. The van der Waals surface area contributed by atoms with Crippen molar-refractivity contribution in [3.63, 3.8) is 0 Å². The number of ether oxygens (including phenoxy) is 1. The summed E-state index contributed by atoms with van der Waals surface area (Å²) in [5, 5.41) is 0. The summed E-state index contributed by atoms with van der Waals surface area (Å²) in [5.41, 5.74) is 0. The predicted octanol–water partition coefficient (Wildman–Crippen LogP) is 4.16. The van der Waals surface area contributed by atoms with Crippen molar-refractivity contribution in [2.75, 3.05) is 0 Å². The van der Waals surface area contributed by atoms with Crippen molar-refractivity contribution in [3.8, 4) is 5.75 Å². The molecule has 0 aromatic heterocycles. The number of halogens is 4. The van der Waals surface area contributed by atoms with Gasteiger partial charge in [-0.05, 0) is 59.1 Å². The van der Waals surface area contributed by atoms with Gasteiger partial charge < -0.3 is 4.74 Å². The van der Waals surface area contributed by atoms with E-state index in [4.69, 9.17) is 39.5 Å². The van der Waals surface area contributed by atoms with Gasteiger partial charge >= 0.3 is 3.98 Å². The second kappa shape index (κ2) is 4.05. The predicted molar refractivity (Wildman–Crippen MR) is 55.1 cm³/mol. The summed E-state index contributed by atoms with van der Waals surface area (Å²) in [7, 11) is 0. The van der Waals surface area contributed by atoms with Gasteiger partial charge in [-0.2, -0.15) is 0 Å². The Kier molecular flexibility index (Phi) is 3.53. The molecule has 0 N–H and O–H groups in total. The standard InChI is InChI=1S/C7H4BrCl3O/c8-5-1-3-6(4-2-5)12-7(9,10)11/h1-4H. The second-order valence-corrected chi connectivity index (χ2v) is 5.09. The molecule has 0 atom stereocenters. The van der Waals surface area contributed by atoms with Crippen molar-refractivity contribution in [2.45, 2.75) is 3.98 Å². The van der Waals surface area contributed by atoms with Crippen LogP contribution in [0.5, 0.6) is 5.75 Å². The first-order chi connectivity index (χ1) is 5.47. The van der Waals surface area contributed by atoms with Crippen LogP contribution in [0.15, 0.2) is 28.7 Å². The molecule has 0 fully saturated rings. The van der Waals surface area contributed by atoms with Crippen LogP contribution in [-0.2, 0) is 0 Å². The highest BCUT2D eigenvalue weighted by atomic mass is 79.9. The highest BCUT2D eigenvalue weighted by Gasteiger charge is 2.21. The van der Waals surface area contributed by atoms with Crippen molar-refractivity contribution in [1.29, 1.82) is 0 Å². The van der Waals surface area contributed by atoms with Crippen LogP contribution in [0.4, 0.5) is 0 Å². The van der Waals surface area contributed by atoms with E-state index < -0.39 is 3.98 Å². The van der Waals surface area contributed by atoms with E-state index in [-0.39, 0.29) is 0 Å². The van der Waals surface area contributed by atoms with Crippen LogP contribution >= 0.6 is 50.7 Å². The maximum absolute atomic E-state index is 5.40. The Labute approximate surface area is 93.7 Å². The molecule has 1 nitrogen and oxygen atoms in total. The van der Waals surface area contributed by atoms with Gasteiger partial charge in [0, 0.05) is 4.47 Å². The molecule has 66 valence electrons. The van der Waals surface area contributed by atoms with E-state index in [1.807, 2.05) is 0 Å². The molecule has 0 spiro atoms. The molecule has 0 unspecified atom stereocenters. The Balaban J connectivity index is 2.71. The molecule has 1 aromatic carbocycles. The molecule has 0 saturated heterocycles. The number of alkyl halides is 3. The average molecular weight is 290 g/mol. The van der Waals surface area contributed by atoms with Crippen LogP contribution in [0.3, 0.4) is 0 Å².